The third-order valence-corrected chi connectivity index (χ3v) is 5.11. The summed E-state index contributed by atoms with van der Waals surface area (Å²) in [5.74, 6) is -0.128. The summed E-state index contributed by atoms with van der Waals surface area (Å²) in [6, 6.07) is 6.13. The van der Waals surface area contributed by atoms with Crippen molar-refractivity contribution in [3.05, 3.63) is 63.3 Å². The minimum Gasteiger partial charge on any atom is -0.505 e. The van der Waals surface area contributed by atoms with E-state index in [1.54, 1.807) is 18.3 Å². The molecule has 0 radical (unpaired) electrons. The van der Waals surface area contributed by atoms with E-state index in [0.29, 0.717) is 24.2 Å². The van der Waals surface area contributed by atoms with Crippen molar-refractivity contribution in [3.63, 3.8) is 0 Å². The highest BCUT2D eigenvalue weighted by molar-refractivity contribution is 5.89. The molecule has 1 atom stereocenters. The van der Waals surface area contributed by atoms with Crippen LogP contribution in [0.15, 0.2) is 35.3 Å². The van der Waals surface area contributed by atoms with Crippen LogP contribution in [0.2, 0.25) is 0 Å². The molecule has 0 bridgehead atoms. The van der Waals surface area contributed by atoms with Crippen LogP contribution in [0.1, 0.15) is 22.9 Å². The van der Waals surface area contributed by atoms with E-state index in [9.17, 15) is 14.3 Å². The first-order valence-electron chi connectivity index (χ1n) is 9.56. The van der Waals surface area contributed by atoms with Crippen LogP contribution in [-0.4, -0.2) is 46.6 Å². The molecule has 0 fully saturated rings. The number of hydrogen-bond acceptors (Lipinski definition) is 7. The normalized spacial score (nSPS) is 14.0. The molecule has 0 saturated carbocycles. The van der Waals surface area contributed by atoms with Gasteiger partial charge in [-0.25, -0.2) is 4.39 Å². The highest BCUT2D eigenvalue weighted by Gasteiger charge is 2.29. The van der Waals surface area contributed by atoms with Crippen molar-refractivity contribution in [2.24, 2.45) is 0 Å². The van der Waals surface area contributed by atoms with E-state index in [4.69, 9.17) is 14.6 Å². The summed E-state index contributed by atoms with van der Waals surface area (Å²) in [4.78, 5) is 17.6. The average molecular weight is 415 g/mol. The molecule has 3 N–H and O–H groups in total. The van der Waals surface area contributed by atoms with Crippen LogP contribution in [0.25, 0.3) is 11.0 Å². The number of benzene rings is 1. The third kappa shape index (κ3) is 3.51. The lowest BCUT2D eigenvalue weighted by Crippen LogP contribution is -2.36. The first-order chi connectivity index (χ1) is 14.5. The minimum absolute atomic E-state index is 0.0325. The van der Waals surface area contributed by atoms with Crippen LogP contribution < -0.4 is 15.6 Å². The molecule has 1 aliphatic heterocycles. The summed E-state index contributed by atoms with van der Waals surface area (Å²) in [7, 11) is 1.40. The van der Waals surface area contributed by atoms with Gasteiger partial charge in [-0.05, 0) is 17.7 Å². The quantitative estimate of drug-likeness (QED) is 0.502. The Morgan fingerprint density at radius 1 is 1.37 bits per heavy atom. The smallest absolute Gasteiger partial charge is 0.262 e. The highest BCUT2D eigenvalue weighted by atomic mass is 19.1. The number of rotatable bonds is 7. The summed E-state index contributed by atoms with van der Waals surface area (Å²) in [6.07, 6.45) is 1.13. The number of pyridine rings is 2. The van der Waals surface area contributed by atoms with E-state index in [2.05, 4.69) is 10.3 Å². The first-order valence-corrected chi connectivity index (χ1v) is 9.56. The number of aromatic hydroxyl groups is 1. The molecule has 2 aromatic heterocycles. The molecule has 0 spiro atoms. The predicted octanol–water partition coefficient (Wildman–Crippen LogP) is 1.45. The second-order valence-electron chi connectivity index (χ2n) is 6.97. The van der Waals surface area contributed by atoms with E-state index in [0.717, 1.165) is 11.1 Å². The molecule has 1 unspecified atom stereocenters. The summed E-state index contributed by atoms with van der Waals surface area (Å²) < 4.78 is 25.9. The molecule has 0 aliphatic carbocycles. The largest absolute Gasteiger partial charge is 0.505 e. The molecule has 8 nitrogen and oxygen atoms in total. The van der Waals surface area contributed by atoms with E-state index in [1.165, 1.54) is 23.8 Å². The maximum Gasteiger partial charge on any atom is 0.262 e. The van der Waals surface area contributed by atoms with Gasteiger partial charge in [0.1, 0.15) is 35.2 Å². The second-order valence-corrected chi connectivity index (χ2v) is 6.97. The van der Waals surface area contributed by atoms with Gasteiger partial charge in [0, 0.05) is 31.8 Å². The molecule has 4 rings (SSSR count). The van der Waals surface area contributed by atoms with Gasteiger partial charge in [0.25, 0.3) is 5.56 Å². The maximum atomic E-state index is 13.2. The van der Waals surface area contributed by atoms with Gasteiger partial charge in [-0.1, -0.05) is 12.1 Å². The van der Waals surface area contributed by atoms with Crippen LogP contribution >= 0.6 is 0 Å². The number of methoxy groups -OCH3 is 1. The Labute approximate surface area is 171 Å². The number of aliphatic hydroxyl groups is 1. The van der Waals surface area contributed by atoms with Crippen molar-refractivity contribution < 1.29 is 24.1 Å². The first kappa shape index (κ1) is 20.3. The molecule has 1 aliphatic rings. The highest BCUT2D eigenvalue weighted by Crippen LogP contribution is 2.37. The molecule has 158 valence electrons. The summed E-state index contributed by atoms with van der Waals surface area (Å²) in [5.41, 5.74) is 1.87. The fraction of sp³-hybridized carbons (Fsp3) is 0.333. The van der Waals surface area contributed by atoms with Gasteiger partial charge in [0.15, 0.2) is 11.5 Å². The third-order valence-electron chi connectivity index (χ3n) is 5.11. The Hall–Kier alpha value is -3.01. The van der Waals surface area contributed by atoms with E-state index in [1.807, 2.05) is 0 Å². The fourth-order valence-corrected chi connectivity index (χ4v) is 3.72. The average Bonchev–Trinajstić information content (AvgIpc) is 2.76. The summed E-state index contributed by atoms with van der Waals surface area (Å²) >= 11 is 0. The Bertz CT molecular complexity index is 1130. The molecule has 1 aromatic carbocycles. The van der Waals surface area contributed by atoms with Gasteiger partial charge in [-0.3, -0.25) is 19.7 Å². The van der Waals surface area contributed by atoms with Crippen molar-refractivity contribution in [1.29, 1.82) is 0 Å². The van der Waals surface area contributed by atoms with E-state index < -0.39 is 11.8 Å². The Morgan fingerprint density at radius 3 is 2.83 bits per heavy atom. The number of aromatic nitrogens is 2. The molecular formula is C21H22FN3O5. The van der Waals surface area contributed by atoms with E-state index >= 15 is 0 Å². The summed E-state index contributed by atoms with van der Waals surface area (Å²) in [6.45, 7) is 0.626. The van der Waals surface area contributed by atoms with Gasteiger partial charge in [0.05, 0.1) is 13.2 Å². The summed E-state index contributed by atoms with van der Waals surface area (Å²) in [5, 5.41) is 22.8. The number of aliphatic hydroxyl groups excluding tert-OH is 1. The SMILES string of the molecule is COC(NCCO)c1c(O)c2ncc(Cc3ccc(F)cc3)c3c2n(c1=O)CCO3. The zero-order valence-electron chi connectivity index (χ0n) is 16.4. The van der Waals surface area contributed by atoms with Crippen molar-refractivity contribution in [3.8, 4) is 11.5 Å². The van der Waals surface area contributed by atoms with Crippen molar-refractivity contribution in [2.45, 2.75) is 19.2 Å². The zero-order valence-corrected chi connectivity index (χ0v) is 16.4. The van der Waals surface area contributed by atoms with Crippen LogP contribution in [0.3, 0.4) is 0 Å². The van der Waals surface area contributed by atoms with Crippen LogP contribution in [0, 0.1) is 5.82 Å². The van der Waals surface area contributed by atoms with Crippen molar-refractivity contribution in [1.82, 2.24) is 14.9 Å². The lowest BCUT2D eigenvalue weighted by molar-refractivity contribution is 0.0656. The number of halogens is 1. The Morgan fingerprint density at radius 2 is 2.13 bits per heavy atom. The van der Waals surface area contributed by atoms with Gasteiger partial charge >= 0.3 is 0 Å². The van der Waals surface area contributed by atoms with Gasteiger partial charge in [-0.2, -0.15) is 0 Å². The van der Waals surface area contributed by atoms with Crippen LogP contribution in [0.4, 0.5) is 4.39 Å². The van der Waals surface area contributed by atoms with Crippen molar-refractivity contribution >= 4 is 11.0 Å². The van der Waals surface area contributed by atoms with E-state index in [-0.39, 0.29) is 42.4 Å². The maximum absolute atomic E-state index is 13.2. The predicted molar refractivity (Wildman–Crippen MR) is 107 cm³/mol. The number of hydrogen-bond donors (Lipinski definition) is 3. The fourth-order valence-electron chi connectivity index (χ4n) is 3.72. The number of nitrogens with zero attached hydrogens (tertiary/aromatic N) is 2. The standard InChI is InChI=1S/C21H22FN3O5/c1-29-20(23-6-8-26)15-18(27)16-17-19(30-9-7-25(17)21(15)28)13(11-24-16)10-12-2-4-14(22)5-3-12/h2-5,11,20,23,26-27H,6-10H2,1H3. The molecule has 3 aromatic rings. The van der Waals surface area contributed by atoms with Gasteiger partial charge in [-0.15, -0.1) is 0 Å². The van der Waals surface area contributed by atoms with Crippen molar-refractivity contribution in [2.75, 3.05) is 26.9 Å². The van der Waals surface area contributed by atoms with Gasteiger partial charge < -0.3 is 19.7 Å². The lowest BCUT2D eigenvalue weighted by atomic mass is 10.0. The van der Waals surface area contributed by atoms with Gasteiger partial charge in [0.2, 0.25) is 0 Å². The molecule has 0 amide bonds. The lowest BCUT2D eigenvalue weighted by Gasteiger charge is -2.25. The Balaban J connectivity index is 1.86. The monoisotopic (exact) mass is 415 g/mol. The Kier molecular flexibility index (Phi) is 5.67. The number of ether oxygens (including phenoxy) is 2. The zero-order chi connectivity index (χ0) is 21.3. The minimum atomic E-state index is -0.898. The second kappa shape index (κ2) is 8.39. The molecule has 30 heavy (non-hydrogen) atoms. The molecular weight excluding hydrogens is 393 g/mol. The number of nitrogens with one attached hydrogen (secondary N) is 1. The topological polar surface area (TPSA) is 106 Å². The van der Waals surface area contributed by atoms with Crippen LogP contribution in [-0.2, 0) is 17.7 Å². The molecule has 9 heteroatoms. The molecule has 0 saturated heterocycles. The molecule has 3 heterocycles. The van der Waals surface area contributed by atoms with Crippen LogP contribution in [0.5, 0.6) is 11.5 Å².